The Labute approximate surface area is 168 Å². The predicted octanol–water partition coefficient (Wildman–Crippen LogP) is 0.404. The number of nitrogens with zero attached hydrogens (tertiary/aromatic N) is 1. The van der Waals surface area contributed by atoms with E-state index in [0.717, 1.165) is 5.69 Å². The zero-order chi connectivity index (χ0) is 20.7. The van der Waals surface area contributed by atoms with E-state index in [9.17, 15) is 25.2 Å². The monoisotopic (exact) mass is 421 g/mol. The molecule has 1 aliphatic rings. The lowest BCUT2D eigenvalue weighted by molar-refractivity contribution is -0.277. The van der Waals surface area contributed by atoms with Gasteiger partial charge in [-0.25, -0.2) is 4.98 Å². The lowest BCUT2D eigenvalue weighted by Crippen LogP contribution is -2.60. The average Bonchev–Trinajstić information content (AvgIpc) is 3.14. The molecule has 0 unspecified atom stereocenters. The van der Waals surface area contributed by atoms with Gasteiger partial charge in [0, 0.05) is 17.1 Å². The Kier molecular flexibility index (Phi) is 5.38. The van der Waals surface area contributed by atoms with Gasteiger partial charge in [-0.2, -0.15) is 0 Å². The summed E-state index contributed by atoms with van der Waals surface area (Å²) in [6.07, 6.45) is -5.63. The molecule has 9 nitrogen and oxygen atoms in total. The van der Waals surface area contributed by atoms with E-state index < -0.39 is 37.3 Å². The number of aliphatic hydroxyl groups is 4. The number of hydrogen-bond donors (Lipinski definition) is 4. The molecule has 0 aliphatic carbocycles. The van der Waals surface area contributed by atoms with Crippen molar-refractivity contribution < 1.29 is 34.3 Å². The Bertz CT molecular complexity index is 1080. The van der Waals surface area contributed by atoms with Crippen molar-refractivity contribution >= 4 is 22.3 Å². The highest BCUT2D eigenvalue weighted by Gasteiger charge is 2.44. The van der Waals surface area contributed by atoms with Crippen LogP contribution >= 0.6 is 11.3 Å². The lowest BCUT2D eigenvalue weighted by atomic mass is 9.99. The van der Waals surface area contributed by atoms with E-state index in [1.165, 1.54) is 35.8 Å². The molecule has 0 amide bonds. The van der Waals surface area contributed by atoms with Crippen molar-refractivity contribution in [2.75, 3.05) is 6.61 Å². The summed E-state index contributed by atoms with van der Waals surface area (Å²) < 4.78 is 16.5. The summed E-state index contributed by atoms with van der Waals surface area (Å²) in [6.45, 7) is 1.28. The maximum atomic E-state index is 12.8. The van der Waals surface area contributed by atoms with Crippen molar-refractivity contribution in [2.24, 2.45) is 0 Å². The van der Waals surface area contributed by atoms with Gasteiger partial charge in [-0.15, -0.1) is 11.3 Å². The topological polar surface area (TPSA) is 142 Å². The van der Waals surface area contributed by atoms with Crippen LogP contribution in [0.25, 0.3) is 21.5 Å². The highest BCUT2D eigenvalue weighted by molar-refractivity contribution is 7.13. The molecular formula is C19H19NO8S. The molecule has 29 heavy (non-hydrogen) atoms. The second-order valence-electron chi connectivity index (χ2n) is 6.75. The van der Waals surface area contributed by atoms with Crippen molar-refractivity contribution in [2.45, 2.75) is 37.6 Å². The zero-order valence-electron chi connectivity index (χ0n) is 15.3. The Morgan fingerprint density at radius 2 is 2.00 bits per heavy atom. The van der Waals surface area contributed by atoms with Gasteiger partial charge < -0.3 is 34.3 Å². The molecule has 3 heterocycles. The van der Waals surface area contributed by atoms with Crippen LogP contribution in [0.5, 0.6) is 5.75 Å². The molecule has 1 fully saturated rings. The first-order valence-electron chi connectivity index (χ1n) is 8.84. The summed E-state index contributed by atoms with van der Waals surface area (Å²) in [6, 6.07) is 4.47. The molecule has 3 aromatic rings. The normalized spacial score (nSPS) is 27.3. The summed E-state index contributed by atoms with van der Waals surface area (Å²) in [5.74, 6) is 0.211. The average molecular weight is 421 g/mol. The molecule has 0 bridgehead atoms. The minimum Gasteiger partial charge on any atom is -0.463 e. The second-order valence-corrected chi connectivity index (χ2v) is 7.60. The highest BCUT2D eigenvalue weighted by Crippen LogP contribution is 2.28. The Morgan fingerprint density at radius 1 is 1.21 bits per heavy atom. The molecule has 0 spiro atoms. The summed E-state index contributed by atoms with van der Waals surface area (Å²) >= 11 is 1.35. The third kappa shape index (κ3) is 3.66. The standard InChI is InChI=1S/C19H19NO8S/c1-8-7-29-18(20-8)11-6-26-12-4-9(2-3-10(12)14(11)22)27-19-17(25)16(24)15(23)13(5-21)28-19/h2-4,6-7,13,15-17,19,21,23-25H,5H2,1H3/t13-,15+,16+,17-,19+/m0/s1. The first-order chi connectivity index (χ1) is 13.9. The third-order valence-electron chi connectivity index (χ3n) is 4.70. The van der Waals surface area contributed by atoms with Crippen LogP contribution < -0.4 is 10.2 Å². The molecule has 4 N–H and O–H groups in total. The largest absolute Gasteiger partial charge is 0.463 e. The zero-order valence-corrected chi connectivity index (χ0v) is 16.1. The fraction of sp³-hybridized carbons (Fsp3) is 0.368. The maximum Gasteiger partial charge on any atom is 0.229 e. The first-order valence-corrected chi connectivity index (χ1v) is 9.72. The highest BCUT2D eigenvalue weighted by atomic mass is 32.1. The van der Waals surface area contributed by atoms with Crippen LogP contribution in [-0.4, -0.2) is 62.7 Å². The molecule has 10 heteroatoms. The molecule has 0 radical (unpaired) electrons. The van der Waals surface area contributed by atoms with Crippen molar-refractivity contribution in [3.8, 4) is 16.3 Å². The molecule has 1 aromatic carbocycles. The number of aliphatic hydroxyl groups excluding tert-OH is 4. The molecule has 2 aromatic heterocycles. The van der Waals surface area contributed by atoms with Gasteiger partial charge in [0.05, 0.1) is 17.6 Å². The minimum absolute atomic E-state index is 0.211. The van der Waals surface area contributed by atoms with Gasteiger partial charge in [-0.3, -0.25) is 4.79 Å². The SMILES string of the molecule is Cc1csc(-c2coc3cc(O[C@@H]4O[C@@H](CO)[C@@H](O)[C@@H](O)[C@@H]4O)ccc3c2=O)n1. The Hall–Kier alpha value is -2.34. The van der Waals surface area contributed by atoms with Crippen LogP contribution in [0.3, 0.4) is 0 Å². The van der Waals surface area contributed by atoms with Crippen LogP contribution in [0.1, 0.15) is 5.69 Å². The number of benzene rings is 1. The predicted molar refractivity (Wildman–Crippen MR) is 103 cm³/mol. The Morgan fingerprint density at radius 3 is 2.69 bits per heavy atom. The summed E-state index contributed by atoms with van der Waals surface area (Å²) in [5, 5.41) is 41.8. The summed E-state index contributed by atoms with van der Waals surface area (Å²) in [5.41, 5.74) is 1.19. The number of aryl methyl sites for hydroxylation is 1. The summed E-state index contributed by atoms with van der Waals surface area (Å²) in [7, 11) is 0. The van der Waals surface area contributed by atoms with Crippen LogP contribution in [0.4, 0.5) is 0 Å². The fourth-order valence-corrected chi connectivity index (χ4v) is 3.91. The third-order valence-corrected chi connectivity index (χ3v) is 5.69. The van der Waals surface area contributed by atoms with Crippen molar-refractivity contribution in [3.05, 3.63) is 45.8 Å². The first kappa shape index (κ1) is 20.0. The van der Waals surface area contributed by atoms with Crippen molar-refractivity contribution in [1.29, 1.82) is 0 Å². The molecule has 0 saturated carbocycles. The number of ether oxygens (including phenoxy) is 2. The van der Waals surface area contributed by atoms with E-state index in [1.54, 1.807) is 0 Å². The van der Waals surface area contributed by atoms with Gasteiger partial charge in [-0.05, 0) is 19.1 Å². The molecular weight excluding hydrogens is 402 g/mol. The summed E-state index contributed by atoms with van der Waals surface area (Å²) in [4.78, 5) is 17.1. The van der Waals surface area contributed by atoms with Crippen LogP contribution in [0.2, 0.25) is 0 Å². The van der Waals surface area contributed by atoms with Crippen molar-refractivity contribution in [1.82, 2.24) is 4.98 Å². The van der Waals surface area contributed by atoms with Gasteiger partial charge in [-0.1, -0.05) is 0 Å². The maximum absolute atomic E-state index is 12.8. The van der Waals surface area contributed by atoms with Gasteiger partial charge >= 0.3 is 0 Å². The number of fused-ring (bicyclic) bond motifs is 1. The van der Waals surface area contributed by atoms with E-state index in [0.29, 0.717) is 16.0 Å². The lowest BCUT2D eigenvalue weighted by Gasteiger charge is -2.39. The van der Waals surface area contributed by atoms with Crippen molar-refractivity contribution in [3.63, 3.8) is 0 Å². The Balaban J connectivity index is 1.62. The van der Waals surface area contributed by atoms with Gasteiger partial charge in [0.25, 0.3) is 0 Å². The second kappa shape index (κ2) is 7.82. The van der Waals surface area contributed by atoms with Crippen LogP contribution in [0, 0.1) is 6.92 Å². The smallest absolute Gasteiger partial charge is 0.229 e. The van der Waals surface area contributed by atoms with E-state index in [4.69, 9.17) is 13.9 Å². The van der Waals surface area contributed by atoms with Gasteiger partial charge in [0.2, 0.25) is 11.7 Å². The molecule has 154 valence electrons. The number of aromatic nitrogens is 1. The van der Waals surface area contributed by atoms with E-state index in [1.807, 2.05) is 12.3 Å². The van der Waals surface area contributed by atoms with Gasteiger partial charge in [0.1, 0.15) is 47.0 Å². The number of hydrogen-bond acceptors (Lipinski definition) is 10. The van der Waals surface area contributed by atoms with Gasteiger partial charge in [0.15, 0.2) is 0 Å². The molecule has 4 rings (SSSR count). The van der Waals surface area contributed by atoms with E-state index in [-0.39, 0.29) is 16.8 Å². The molecule has 1 aliphatic heterocycles. The minimum atomic E-state index is -1.55. The quantitative estimate of drug-likeness (QED) is 0.471. The number of thiazole rings is 1. The van der Waals surface area contributed by atoms with E-state index in [2.05, 4.69) is 4.98 Å². The molecule has 1 saturated heterocycles. The van der Waals surface area contributed by atoms with E-state index >= 15 is 0 Å². The number of rotatable bonds is 4. The van der Waals surface area contributed by atoms with Crippen LogP contribution in [-0.2, 0) is 4.74 Å². The molecule has 5 atom stereocenters. The fourth-order valence-electron chi connectivity index (χ4n) is 3.11. The van der Waals surface area contributed by atoms with Crippen LogP contribution in [0.15, 0.2) is 39.1 Å².